The highest BCUT2D eigenvalue weighted by Crippen LogP contribution is 2.35. The predicted molar refractivity (Wildman–Crippen MR) is 109 cm³/mol. The van der Waals surface area contributed by atoms with E-state index in [1.807, 2.05) is 44.2 Å². The first-order valence-electron chi connectivity index (χ1n) is 9.88. The van der Waals surface area contributed by atoms with Crippen LogP contribution in [0.4, 0.5) is 10.6 Å². The molecule has 2 atom stereocenters. The molecule has 0 unspecified atom stereocenters. The molecular weight excluding hydrogens is 372 g/mol. The molecule has 0 radical (unpaired) electrons. The summed E-state index contributed by atoms with van der Waals surface area (Å²) in [6.07, 6.45) is 2.25. The van der Waals surface area contributed by atoms with Crippen molar-refractivity contribution in [2.75, 3.05) is 12.4 Å². The predicted octanol–water partition coefficient (Wildman–Crippen LogP) is 3.37. The number of amides is 2. The van der Waals surface area contributed by atoms with Crippen LogP contribution in [0.1, 0.15) is 50.3 Å². The van der Waals surface area contributed by atoms with Crippen molar-refractivity contribution in [3.63, 3.8) is 0 Å². The summed E-state index contributed by atoms with van der Waals surface area (Å²) < 4.78 is 10.6. The largest absolute Gasteiger partial charge is 0.497 e. The first-order chi connectivity index (χ1) is 13.9. The molecule has 1 heterocycles. The number of hydrogen-bond acceptors (Lipinski definition) is 5. The van der Waals surface area contributed by atoms with Crippen molar-refractivity contribution in [1.29, 1.82) is 0 Å². The first kappa shape index (κ1) is 20.7. The van der Waals surface area contributed by atoms with Crippen molar-refractivity contribution < 1.29 is 19.1 Å². The van der Waals surface area contributed by atoms with Crippen LogP contribution in [0, 0.1) is 0 Å². The molecule has 0 spiro atoms. The second-order valence-electron chi connectivity index (χ2n) is 7.62. The Morgan fingerprint density at radius 1 is 1.24 bits per heavy atom. The van der Waals surface area contributed by atoms with Crippen LogP contribution in [-0.2, 0) is 16.0 Å². The van der Waals surface area contributed by atoms with Gasteiger partial charge in [-0.25, -0.2) is 4.79 Å². The van der Waals surface area contributed by atoms with Gasteiger partial charge in [0, 0.05) is 23.7 Å². The minimum absolute atomic E-state index is 0.0522. The second-order valence-corrected chi connectivity index (χ2v) is 7.62. The molecule has 1 aliphatic rings. The molecule has 1 fully saturated rings. The highest BCUT2D eigenvalue weighted by molar-refractivity contribution is 5.91. The third-order valence-electron chi connectivity index (χ3n) is 4.89. The van der Waals surface area contributed by atoms with Gasteiger partial charge in [0.05, 0.1) is 13.5 Å². The average Bonchev–Trinajstić information content (AvgIpc) is 3.31. The van der Waals surface area contributed by atoms with E-state index in [1.54, 1.807) is 7.11 Å². The maximum absolute atomic E-state index is 12.3. The van der Waals surface area contributed by atoms with E-state index in [9.17, 15) is 9.59 Å². The first-order valence-corrected chi connectivity index (χ1v) is 9.88. The Balaban J connectivity index is 1.49. The van der Waals surface area contributed by atoms with E-state index < -0.39 is 0 Å². The van der Waals surface area contributed by atoms with Crippen LogP contribution in [-0.4, -0.2) is 41.5 Å². The zero-order chi connectivity index (χ0) is 20.8. The van der Waals surface area contributed by atoms with Gasteiger partial charge in [0.15, 0.2) is 5.82 Å². The van der Waals surface area contributed by atoms with Crippen LogP contribution >= 0.6 is 0 Å². The van der Waals surface area contributed by atoms with Crippen molar-refractivity contribution >= 4 is 17.8 Å². The summed E-state index contributed by atoms with van der Waals surface area (Å²) in [7, 11) is 1.61. The van der Waals surface area contributed by atoms with Gasteiger partial charge in [0.25, 0.3) is 0 Å². The van der Waals surface area contributed by atoms with Gasteiger partial charge in [-0.05, 0) is 50.8 Å². The summed E-state index contributed by atoms with van der Waals surface area (Å²) in [5.74, 6) is 1.35. The molecule has 8 heteroatoms. The Bertz CT molecular complexity index is 831. The lowest BCUT2D eigenvalue weighted by Crippen LogP contribution is -2.33. The van der Waals surface area contributed by atoms with Crippen molar-refractivity contribution in [3.8, 4) is 5.75 Å². The highest BCUT2D eigenvalue weighted by atomic mass is 16.6. The number of aromatic nitrogens is 2. The number of ether oxygens (including phenoxy) is 2. The van der Waals surface area contributed by atoms with Crippen molar-refractivity contribution in [3.05, 3.63) is 41.6 Å². The van der Waals surface area contributed by atoms with Gasteiger partial charge in [-0.1, -0.05) is 12.1 Å². The number of carbonyl (C=O) groups is 2. The number of rotatable bonds is 7. The molecule has 1 aromatic heterocycles. The van der Waals surface area contributed by atoms with Gasteiger partial charge in [-0.15, -0.1) is 0 Å². The molecule has 2 amide bonds. The highest BCUT2D eigenvalue weighted by Gasteiger charge is 2.30. The maximum atomic E-state index is 12.3. The Hall–Kier alpha value is -3.03. The van der Waals surface area contributed by atoms with Crippen LogP contribution < -0.4 is 15.4 Å². The summed E-state index contributed by atoms with van der Waals surface area (Å²) in [5.41, 5.74) is 1.84. The normalized spacial score (nSPS) is 18.5. The van der Waals surface area contributed by atoms with E-state index in [-0.39, 0.29) is 36.5 Å². The average molecular weight is 400 g/mol. The minimum atomic E-state index is -0.373. The van der Waals surface area contributed by atoms with Crippen molar-refractivity contribution in [2.45, 2.75) is 57.6 Å². The van der Waals surface area contributed by atoms with Crippen LogP contribution in [0.15, 0.2) is 30.3 Å². The molecule has 8 nitrogen and oxygen atoms in total. The lowest BCUT2D eigenvalue weighted by Gasteiger charge is -2.14. The number of hydrogen-bond donors (Lipinski definition) is 3. The number of H-pyrrole nitrogens is 1. The quantitative estimate of drug-likeness (QED) is 0.661. The molecule has 1 aromatic carbocycles. The van der Waals surface area contributed by atoms with Gasteiger partial charge in [-0.2, -0.15) is 5.10 Å². The lowest BCUT2D eigenvalue weighted by atomic mass is 10.0. The van der Waals surface area contributed by atoms with E-state index in [0.717, 1.165) is 36.3 Å². The number of methoxy groups -OCH3 is 1. The second kappa shape index (κ2) is 9.45. The van der Waals surface area contributed by atoms with Crippen molar-refractivity contribution in [1.82, 2.24) is 15.5 Å². The Labute approximate surface area is 170 Å². The molecular formula is C21H28N4O4. The van der Waals surface area contributed by atoms with Gasteiger partial charge >= 0.3 is 6.09 Å². The maximum Gasteiger partial charge on any atom is 0.407 e. The molecule has 156 valence electrons. The SMILES string of the molecule is COc1ccc(CC(=O)Nc2cc([C@H]3CC[C@@H](OC(=O)NC(C)C)C3)[nH]n2)cc1. The number of alkyl carbamates (subject to hydrolysis) is 1. The van der Waals surface area contributed by atoms with Gasteiger partial charge in [-0.3, -0.25) is 9.89 Å². The van der Waals surface area contributed by atoms with Crippen LogP contribution in [0.5, 0.6) is 5.75 Å². The zero-order valence-electron chi connectivity index (χ0n) is 17.0. The van der Waals surface area contributed by atoms with Gasteiger partial charge in [0.1, 0.15) is 11.9 Å². The third-order valence-corrected chi connectivity index (χ3v) is 4.89. The molecule has 0 saturated heterocycles. The van der Waals surface area contributed by atoms with Crippen LogP contribution in [0.25, 0.3) is 0 Å². The molecule has 1 aliphatic carbocycles. The zero-order valence-corrected chi connectivity index (χ0v) is 17.0. The van der Waals surface area contributed by atoms with E-state index in [1.165, 1.54) is 0 Å². The van der Waals surface area contributed by atoms with E-state index in [2.05, 4.69) is 20.8 Å². The smallest absolute Gasteiger partial charge is 0.407 e. The molecule has 1 saturated carbocycles. The summed E-state index contributed by atoms with van der Waals surface area (Å²) >= 11 is 0. The number of aromatic amines is 1. The summed E-state index contributed by atoms with van der Waals surface area (Å²) in [6.45, 7) is 3.79. The molecule has 0 bridgehead atoms. The molecule has 29 heavy (non-hydrogen) atoms. The number of nitrogens with zero attached hydrogens (tertiary/aromatic N) is 1. The summed E-state index contributed by atoms with van der Waals surface area (Å²) in [4.78, 5) is 24.0. The fraction of sp³-hybridized carbons (Fsp3) is 0.476. The van der Waals surface area contributed by atoms with E-state index >= 15 is 0 Å². The number of nitrogens with one attached hydrogen (secondary N) is 3. The van der Waals surface area contributed by atoms with Crippen LogP contribution in [0.2, 0.25) is 0 Å². The number of anilines is 1. The number of benzene rings is 1. The minimum Gasteiger partial charge on any atom is -0.497 e. The molecule has 0 aliphatic heterocycles. The Kier molecular flexibility index (Phi) is 6.74. The third kappa shape index (κ3) is 5.97. The molecule has 3 N–H and O–H groups in total. The number of carbonyl (C=O) groups excluding carboxylic acids is 2. The molecule has 2 aromatic rings. The van der Waals surface area contributed by atoms with Gasteiger partial charge < -0.3 is 20.1 Å². The monoisotopic (exact) mass is 400 g/mol. The van der Waals surface area contributed by atoms with E-state index in [0.29, 0.717) is 5.82 Å². The molecule has 3 rings (SSSR count). The van der Waals surface area contributed by atoms with Gasteiger partial charge in [0.2, 0.25) is 5.91 Å². The summed E-state index contributed by atoms with van der Waals surface area (Å²) in [6, 6.07) is 9.29. The standard InChI is InChI=1S/C21H28N4O4/c1-13(2)22-21(27)29-17-9-6-15(11-17)18-12-19(25-24-18)23-20(26)10-14-4-7-16(28-3)8-5-14/h4-5,7-8,12-13,15,17H,6,9-11H2,1-3H3,(H,22,27)(H2,23,24,25,26)/t15-,17+/m0/s1. The summed E-state index contributed by atoms with van der Waals surface area (Å²) in [5, 5.41) is 12.8. The fourth-order valence-electron chi connectivity index (χ4n) is 3.48. The van der Waals surface area contributed by atoms with Crippen molar-refractivity contribution in [2.24, 2.45) is 0 Å². The topological polar surface area (TPSA) is 105 Å². The Morgan fingerprint density at radius 2 is 2.00 bits per heavy atom. The van der Waals surface area contributed by atoms with E-state index in [4.69, 9.17) is 9.47 Å². The lowest BCUT2D eigenvalue weighted by molar-refractivity contribution is -0.115. The fourth-order valence-corrected chi connectivity index (χ4v) is 3.48. The Morgan fingerprint density at radius 3 is 2.69 bits per heavy atom. The van der Waals surface area contributed by atoms with Crippen LogP contribution in [0.3, 0.4) is 0 Å².